The first kappa shape index (κ1) is 17.6. The molecule has 0 atom stereocenters. The van der Waals surface area contributed by atoms with Crippen molar-refractivity contribution in [3.05, 3.63) is 59.0 Å². The number of ether oxygens (including phenoxy) is 2. The molecule has 0 aliphatic rings. The first-order valence-corrected chi connectivity index (χ1v) is 8.28. The number of rotatable bonds is 7. The Morgan fingerprint density at radius 1 is 1.04 bits per heavy atom. The fraction of sp³-hybridized carbons (Fsp3) is 0.263. The molecule has 2 aromatic carbocycles. The molecule has 0 aliphatic heterocycles. The molecule has 1 N–H and O–H groups in total. The van der Waals surface area contributed by atoms with Gasteiger partial charge in [0.25, 0.3) is 0 Å². The van der Waals surface area contributed by atoms with Crippen LogP contribution in [0.2, 0.25) is 0 Å². The van der Waals surface area contributed by atoms with E-state index in [9.17, 15) is 9.59 Å². The lowest BCUT2D eigenvalue weighted by atomic mass is 10.3. The molecule has 136 valence electrons. The Kier molecular flexibility index (Phi) is 5.26. The molecule has 0 saturated heterocycles. The van der Waals surface area contributed by atoms with E-state index < -0.39 is 0 Å². The largest absolute Gasteiger partial charge is 0.497 e. The zero-order chi connectivity index (χ0) is 18.5. The summed E-state index contributed by atoms with van der Waals surface area (Å²) in [6.45, 7) is 0.662. The van der Waals surface area contributed by atoms with Gasteiger partial charge in [-0.05, 0) is 36.4 Å². The molecule has 0 radical (unpaired) electrons. The number of nitrogens with one attached hydrogen (secondary N) is 1. The fourth-order valence-corrected chi connectivity index (χ4v) is 2.75. The molecule has 1 aromatic heterocycles. The number of aromatic nitrogens is 2. The van der Waals surface area contributed by atoms with Crippen molar-refractivity contribution in [2.75, 3.05) is 20.3 Å². The summed E-state index contributed by atoms with van der Waals surface area (Å²) in [6, 6.07) is 14.6. The lowest BCUT2D eigenvalue weighted by Crippen LogP contribution is -2.34. The van der Waals surface area contributed by atoms with Crippen molar-refractivity contribution in [3.63, 3.8) is 0 Å². The van der Waals surface area contributed by atoms with Crippen molar-refractivity contribution in [1.82, 2.24) is 14.5 Å². The van der Waals surface area contributed by atoms with E-state index >= 15 is 0 Å². The van der Waals surface area contributed by atoms with Crippen LogP contribution in [0.25, 0.3) is 11.0 Å². The number of methoxy groups -OCH3 is 1. The van der Waals surface area contributed by atoms with E-state index in [1.807, 2.05) is 24.3 Å². The third-order valence-corrected chi connectivity index (χ3v) is 4.11. The van der Waals surface area contributed by atoms with Gasteiger partial charge in [0.15, 0.2) is 0 Å². The Morgan fingerprint density at radius 3 is 2.38 bits per heavy atom. The summed E-state index contributed by atoms with van der Waals surface area (Å²) < 4.78 is 13.6. The Morgan fingerprint density at radius 2 is 1.69 bits per heavy atom. The van der Waals surface area contributed by atoms with E-state index in [2.05, 4.69) is 5.32 Å². The predicted molar refractivity (Wildman–Crippen MR) is 98.7 cm³/mol. The second-order valence-corrected chi connectivity index (χ2v) is 5.79. The molecule has 0 unspecified atom stereocenters. The van der Waals surface area contributed by atoms with Crippen LogP contribution in [0, 0.1) is 0 Å². The Hall–Kier alpha value is -3.22. The maximum absolute atomic E-state index is 12.3. The monoisotopic (exact) mass is 355 g/mol. The molecule has 3 aromatic rings. The van der Waals surface area contributed by atoms with Crippen LogP contribution in [0.1, 0.15) is 0 Å². The van der Waals surface area contributed by atoms with Gasteiger partial charge in [0.05, 0.1) is 24.7 Å². The number of amides is 1. The number of imidazole rings is 1. The van der Waals surface area contributed by atoms with E-state index in [0.717, 1.165) is 16.8 Å². The van der Waals surface area contributed by atoms with Gasteiger partial charge < -0.3 is 14.8 Å². The molecule has 7 heteroatoms. The third-order valence-electron chi connectivity index (χ3n) is 4.11. The second kappa shape index (κ2) is 7.77. The quantitative estimate of drug-likeness (QED) is 0.653. The van der Waals surface area contributed by atoms with Crippen molar-refractivity contribution >= 4 is 16.9 Å². The molecule has 3 rings (SSSR count). The Labute approximate surface area is 150 Å². The van der Waals surface area contributed by atoms with E-state index in [1.54, 1.807) is 38.4 Å². The van der Waals surface area contributed by atoms with E-state index in [0.29, 0.717) is 18.9 Å². The average Bonchev–Trinajstić information content (AvgIpc) is 2.91. The van der Waals surface area contributed by atoms with Crippen LogP contribution in [0.15, 0.2) is 53.3 Å². The number of hydrogen-bond donors (Lipinski definition) is 1. The zero-order valence-corrected chi connectivity index (χ0v) is 14.8. The molecule has 1 amide bonds. The summed E-state index contributed by atoms with van der Waals surface area (Å²) in [7, 11) is 3.30. The van der Waals surface area contributed by atoms with Crippen molar-refractivity contribution in [2.45, 2.75) is 6.54 Å². The molecule has 26 heavy (non-hydrogen) atoms. The first-order valence-electron chi connectivity index (χ1n) is 8.28. The predicted octanol–water partition coefficient (Wildman–Crippen LogP) is 1.54. The van der Waals surface area contributed by atoms with Crippen LogP contribution in [-0.4, -0.2) is 35.3 Å². The number of fused-ring (bicyclic) bond motifs is 1. The highest BCUT2D eigenvalue weighted by Gasteiger charge is 2.12. The maximum Gasteiger partial charge on any atom is 0.329 e. The minimum atomic E-state index is -0.234. The molecule has 1 heterocycles. The molecule has 0 fully saturated rings. The standard InChI is InChI=1S/C19H21N3O4/c1-21-16-5-3-4-6-17(16)22(19(21)24)13-18(23)20-11-12-26-15-9-7-14(25-2)8-10-15/h3-10H,11-13H2,1-2H3,(H,20,23). The fourth-order valence-electron chi connectivity index (χ4n) is 2.75. The number of carbonyl (C=O) groups is 1. The summed E-state index contributed by atoms with van der Waals surface area (Å²) >= 11 is 0. The Balaban J connectivity index is 1.53. The lowest BCUT2D eigenvalue weighted by molar-refractivity contribution is -0.121. The highest BCUT2D eigenvalue weighted by Crippen LogP contribution is 2.16. The Bertz CT molecular complexity index is 957. The topological polar surface area (TPSA) is 74.5 Å². The number of benzene rings is 2. The van der Waals surface area contributed by atoms with Gasteiger partial charge >= 0.3 is 5.69 Å². The molecule has 0 bridgehead atoms. The highest BCUT2D eigenvalue weighted by atomic mass is 16.5. The molecule has 0 aliphatic carbocycles. The lowest BCUT2D eigenvalue weighted by Gasteiger charge is -2.09. The minimum absolute atomic E-state index is 0.0251. The first-order chi connectivity index (χ1) is 12.6. The summed E-state index contributed by atoms with van der Waals surface area (Å²) in [4.78, 5) is 24.5. The summed E-state index contributed by atoms with van der Waals surface area (Å²) in [5, 5.41) is 2.77. The van der Waals surface area contributed by atoms with E-state index in [4.69, 9.17) is 9.47 Å². The van der Waals surface area contributed by atoms with Gasteiger partial charge in [0.2, 0.25) is 5.91 Å². The van der Waals surface area contributed by atoms with Crippen molar-refractivity contribution in [3.8, 4) is 11.5 Å². The number of aryl methyl sites for hydroxylation is 1. The third kappa shape index (κ3) is 3.72. The van der Waals surface area contributed by atoms with Crippen molar-refractivity contribution < 1.29 is 14.3 Å². The van der Waals surface area contributed by atoms with Crippen LogP contribution < -0.4 is 20.5 Å². The van der Waals surface area contributed by atoms with Gasteiger partial charge in [-0.2, -0.15) is 0 Å². The van der Waals surface area contributed by atoms with Crippen LogP contribution in [-0.2, 0) is 18.4 Å². The van der Waals surface area contributed by atoms with Crippen LogP contribution in [0.3, 0.4) is 0 Å². The molecule has 0 spiro atoms. The van der Waals surface area contributed by atoms with Crippen molar-refractivity contribution in [1.29, 1.82) is 0 Å². The van der Waals surface area contributed by atoms with Gasteiger partial charge in [0.1, 0.15) is 24.7 Å². The van der Waals surface area contributed by atoms with Gasteiger partial charge in [-0.25, -0.2) is 4.79 Å². The minimum Gasteiger partial charge on any atom is -0.497 e. The summed E-state index contributed by atoms with van der Waals surface area (Å²) in [6.07, 6.45) is 0. The number of carbonyl (C=O) groups excluding carboxylic acids is 1. The molecule has 7 nitrogen and oxygen atoms in total. The maximum atomic E-state index is 12.3. The van der Waals surface area contributed by atoms with Gasteiger partial charge in [-0.1, -0.05) is 12.1 Å². The summed E-state index contributed by atoms with van der Waals surface area (Å²) in [5.74, 6) is 1.22. The van der Waals surface area contributed by atoms with E-state index in [-0.39, 0.29) is 18.1 Å². The molecular formula is C19H21N3O4. The number of nitrogens with zero attached hydrogens (tertiary/aromatic N) is 2. The highest BCUT2D eigenvalue weighted by molar-refractivity contribution is 5.80. The smallest absolute Gasteiger partial charge is 0.329 e. The average molecular weight is 355 g/mol. The number of para-hydroxylation sites is 2. The van der Waals surface area contributed by atoms with Gasteiger partial charge in [-0.3, -0.25) is 13.9 Å². The van der Waals surface area contributed by atoms with Crippen LogP contribution >= 0.6 is 0 Å². The number of hydrogen-bond acceptors (Lipinski definition) is 4. The molecular weight excluding hydrogens is 334 g/mol. The van der Waals surface area contributed by atoms with Crippen LogP contribution in [0.4, 0.5) is 0 Å². The SMILES string of the molecule is COc1ccc(OCCNC(=O)Cn2c(=O)n(C)c3ccccc32)cc1. The second-order valence-electron chi connectivity index (χ2n) is 5.79. The van der Waals surface area contributed by atoms with Gasteiger partial charge in [0, 0.05) is 7.05 Å². The van der Waals surface area contributed by atoms with Gasteiger partial charge in [-0.15, -0.1) is 0 Å². The van der Waals surface area contributed by atoms with E-state index in [1.165, 1.54) is 9.13 Å². The molecule has 0 saturated carbocycles. The summed E-state index contributed by atoms with van der Waals surface area (Å²) in [5.41, 5.74) is 1.33. The van der Waals surface area contributed by atoms with Crippen LogP contribution in [0.5, 0.6) is 11.5 Å². The van der Waals surface area contributed by atoms with Crippen molar-refractivity contribution in [2.24, 2.45) is 7.05 Å². The normalized spacial score (nSPS) is 10.7. The zero-order valence-electron chi connectivity index (χ0n) is 14.8.